The van der Waals surface area contributed by atoms with Crippen molar-refractivity contribution in [2.75, 3.05) is 13.1 Å². The fourth-order valence-corrected chi connectivity index (χ4v) is 0.824. The van der Waals surface area contributed by atoms with Crippen LogP contribution in [0.25, 0.3) is 0 Å². The van der Waals surface area contributed by atoms with E-state index in [0.29, 0.717) is 12.1 Å². The van der Waals surface area contributed by atoms with Crippen LogP contribution in [-0.4, -0.2) is 25.2 Å². The Kier molecular flexibility index (Phi) is 6.57. The van der Waals surface area contributed by atoms with Crippen LogP contribution in [-0.2, 0) is 0 Å². The highest BCUT2D eigenvalue weighted by atomic mass is 15.0. The second-order valence-corrected chi connectivity index (χ2v) is 3.37. The van der Waals surface area contributed by atoms with Gasteiger partial charge in [0.05, 0.1) is 0 Å². The average molecular weight is 158 g/mol. The summed E-state index contributed by atoms with van der Waals surface area (Å²) in [6.07, 6.45) is 1.21. The molecule has 0 heterocycles. The van der Waals surface area contributed by atoms with Crippen LogP contribution < -0.4 is 10.6 Å². The summed E-state index contributed by atoms with van der Waals surface area (Å²) < 4.78 is 0. The highest BCUT2D eigenvalue weighted by Crippen LogP contribution is 1.85. The first kappa shape index (κ1) is 10.9. The SMILES string of the molecule is CC[C@@H](C)NCCNC(C)C. The Balaban J connectivity index is 3.01. The third kappa shape index (κ3) is 7.82. The number of hydrogen-bond acceptors (Lipinski definition) is 2. The van der Waals surface area contributed by atoms with E-state index in [0.717, 1.165) is 13.1 Å². The Labute approximate surface area is 70.8 Å². The molecule has 0 saturated heterocycles. The van der Waals surface area contributed by atoms with Crippen molar-refractivity contribution in [2.24, 2.45) is 0 Å². The summed E-state index contributed by atoms with van der Waals surface area (Å²) in [7, 11) is 0. The monoisotopic (exact) mass is 158 g/mol. The van der Waals surface area contributed by atoms with Crippen molar-refractivity contribution in [3.8, 4) is 0 Å². The topological polar surface area (TPSA) is 24.1 Å². The maximum absolute atomic E-state index is 3.43. The van der Waals surface area contributed by atoms with E-state index in [-0.39, 0.29) is 0 Å². The van der Waals surface area contributed by atoms with Crippen LogP contribution in [0.4, 0.5) is 0 Å². The molecule has 0 aliphatic rings. The molecule has 0 fully saturated rings. The van der Waals surface area contributed by atoms with E-state index in [1.54, 1.807) is 0 Å². The van der Waals surface area contributed by atoms with Crippen molar-refractivity contribution in [2.45, 2.75) is 46.2 Å². The van der Waals surface area contributed by atoms with Crippen LogP contribution in [0.15, 0.2) is 0 Å². The summed E-state index contributed by atoms with van der Waals surface area (Å²) in [5, 5.41) is 6.79. The molecule has 2 N–H and O–H groups in total. The van der Waals surface area contributed by atoms with Crippen molar-refractivity contribution in [3.63, 3.8) is 0 Å². The average Bonchev–Trinajstić information content (AvgIpc) is 1.97. The molecular weight excluding hydrogens is 136 g/mol. The van der Waals surface area contributed by atoms with Crippen molar-refractivity contribution in [1.82, 2.24) is 10.6 Å². The van der Waals surface area contributed by atoms with E-state index < -0.39 is 0 Å². The van der Waals surface area contributed by atoms with Crippen molar-refractivity contribution in [3.05, 3.63) is 0 Å². The first-order chi connectivity index (χ1) is 5.16. The van der Waals surface area contributed by atoms with Gasteiger partial charge >= 0.3 is 0 Å². The Morgan fingerprint density at radius 1 is 1.00 bits per heavy atom. The molecule has 11 heavy (non-hydrogen) atoms. The Hall–Kier alpha value is -0.0800. The predicted molar refractivity (Wildman–Crippen MR) is 50.9 cm³/mol. The van der Waals surface area contributed by atoms with Crippen LogP contribution in [0.3, 0.4) is 0 Å². The summed E-state index contributed by atoms with van der Waals surface area (Å²) >= 11 is 0. The molecule has 0 aliphatic carbocycles. The normalized spacial score (nSPS) is 13.9. The van der Waals surface area contributed by atoms with Crippen molar-refractivity contribution < 1.29 is 0 Å². The molecule has 2 heteroatoms. The van der Waals surface area contributed by atoms with Gasteiger partial charge in [-0.25, -0.2) is 0 Å². The lowest BCUT2D eigenvalue weighted by Gasteiger charge is -2.12. The molecule has 1 atom stereocenters. The summed E-state index contributed by atoms with van der Waals surface area (Å²) in [4.78, 5) is 0. The third-order valence-corrected chi connectivity index (χ3v) is 1.78. The molecule has 0 aromatic rings. The fraction of sp³-hybridized carbons (Fsp3) is 1.00. The zero-order valence-corrected chi connectivity index (χ0v) is 8.28. The lowest BCUT2D eigenvalue weighted by Crippen LogP contribution is -2.35. The van der Waals surface area contributed by atoms with Gasteiger partial charge < -0.3 is 10.6 Å². The van der Waals surface area contributed by atoms with Gasteiger partial charge in [0.2, 0.25) is 0 Å². The molecule has 0 bridgehead atoms. The fourth-order valence-electron chi connectivity index (χ4n) is 0.824. The number of nitrogens with one attached hydrogen (secondary N) is 2. The molecule has 0 aromatic heterocycles. The minimum atomic E-state index is 0.605. The molecule has 0 radical (unpaired) electrons. The van der Waals surface area contributed by atoms with E-state index >= 15 is 0 Å². The van der Waals surface area contributed by atoms with Crippen molar-refractivity contribution >= 4 is 0 Å². The first-order valence-corrected chi connectivity index (χ1v) is 4.63. The second kappa shape index (κ2) is 6.62. The quantitative estimate of drug-likeness (QED) is 0.571. The van der Waals surface area contributed by atoms with Gasteiger partial charge in [0.25, 0.3) is 0 Å². The summed E-state index contributed by atoms with van der Waals surface area (Å²) in [6.45, 7) is 10.9. The van der Waals surface area contributed by atoms with E-state index in [4.69, 9.17) is 0 Å². The Bertz CT molecular complexity index is 81.6. The smallest absolute Gasteiger partial charge is 0.00793 e. The largest absolute Gasteiger partial charge is 0.313 e. The highest BCUT2D eigenvalue weighted by Gasteiger charge is 1.95. The summed E-state index contributed by atoms with van der Waals surface area (Å²) in [5.74, 6) is 0. The van der Waals surface area contributed by atoms with E-state index in [1.807, 2.05) is 0 Å². The molecule has 2 nitrogen and oxygen atoms in total. The predicted octanol–water partition coefficient (Wildman–Crippen LogP) is 1.37. The van der Waals surface area contributed by atoms with Gasteiger partial charge in [0.1, 0.15) is 0 Å². The standard InChI is InChI=1S/C9H22N2/c1-5-9(4)11-7-6-10-8(2)3/h8-11H,5-7H2,1-4H3/t9-/m1/s1. The molecule has 0 saturated carbocycles. The molecule has 0 aliphatic heterocycles. The number of rotatable bonds is 6. The maximum atomic E-state index is 3.43. The molecule has 0 spiro atoms. The zero-order valence-electron chi connectivity index (χ0n) is 8.28. The minimum absolute atomic E-state index is 0.605. The van der Waals surface area contributed by atoms with Gasteiger partial charge in [-0.1, -0.05) is 20.8 Å². The van der Waals surface area contributed by atoms with E-state index in [2.05, 4.69) is 38.3 Å². The third-order valence-electron chi connectivity index (χ3n) is 1.78. The second-order valence-electron chi connectivity index (χ2n) is 3.37. The van der Waals surface area contributed by atoms with Gasteiger partial charge in [0.15, 0.2) is 0 Å². The van der Waals surface area contributed by atoms with Gasteiger partial charge in [-0.05, 0) is 13.3 Å². The Morgan fingerprint density at radius 2 is 1.55 bits per heavy atom. The molecular formula is C9H22N2. The maximum Gasteiger partial charge on any atom is 0.00793 e. The van der Waals surface area contributed by atoms with Crippen LogP contribution in [0.5, 0.6) is 0 Å². The molecule has 0 unspecified atom stereocenters. The highest BCUT2D eigenvalue weighted by molar-refractivity contribution is 4.60. The molecule has 0 rings (SSSR count). The van der Waals surface area contributed by atoms with Crippen LogP contribution in [0, 0.1) is 0 Å². The van der Waals surface area contributed by atoms with E-state index in [9.17, 15) is 0 Å². The van der Waals surface area contributed by atoms with Gasteiger partial charge in [0, 0.05) is 25.2 Å². The first-order valence-electron chi connectivity index (χ1n) is 4.63. The molecule has 0 amide bonds. The van der Waals surface area contributed by atoms with E-state index in [1.165, 1.54) is 6.42 Å². The summed E-state index contributed by atoms with van der Waals surface area (Å²) in [5.41, 5.74) is 0. The van der Waals surface area contributed by atoms with Crippen LogP contribution in [0.2, 0.25) is 0 Å². The lowest BCUT2D eigenvalue weighted by molar-refractivity contribution is 0.499. The van der Waals surface area contributed by atoms with Gasteiger partial charge in [-0.3, -0.25) is 0 Å². The minimum Gasteiger partial charge on any atom is -0.313 e. The lowest BCUT2D eigenvalue weighted by atomic mass is 10.2. The molecule has 68 valence electrons. The van der Waals surface area contributed by atoms with Crippen molar-refractivity contribution in [1.29, 1.82) is 0 Å². The van der Waals surface area contributed by atoms with Gasteiger partial charge in [-0.2, -0.15) is 0 Å². The molecule has 0 aromatic carbocycles. The Morgan fingerprint density at radius 3 is 2.00 bits per heavy atom. The summed E-state index contributed by atoms with van der Waals surface area (Å²) in [6, 6.07) is 1.26. The van der Waals surface area contributed by atoms with Crippen LogP contribution in [0.1, 0.15) is 34.1 Å². The van der Waals surface area contributed by atoms with Crippen LogP contribution >= 0.6 is 0 Å². The van der Waals surface area contributed by atoms with Gasteiger partial charge in [-0.15, -0.1) is 0 Å². The zero-order chi connectivity index (χ0) is 8.69. The number of hydrogen-bond donors (Lipinski definition) is 2.